The van der Waals surface area contributed by atoms with E-state index in [1.807, 2.05) is 75.4 Å². The fourth-order valence-electron chi connectivity index (χ4n) is 5.27. The van der Waals surface area contributed by atoms with E-state index >= 15 is 0 Å². The van der Waals surface area contributed by atoms with Gasteiger partial charge in [0.2, 0.25) is 5.95 Å². The third kappa shape index (κ3) is 5.47. The SMILES string of the molecule is Cc1cc(/C(O)=C2\C(=O)C(=O)N(c3nc4ccccc4[nH]3)C2c2ccc(OC(C)C)cc2)ccc1OCc1ccccc1. The number of fused-ring (bicyclic) bond motifs is 1. The number of aliphatic hydroxyl groups excluding tert-OH is 1. The minimum absolute atomic E-state index is 0.0186. The highest BCUT2D eigenvalue weighted by Gasteiger charge is 2.48. The molecule has 1 amide bonds. The zero-order chi connectivity index (χ0) is 30.1. The quantitative estimate of drug-likeness (QED) is 0.119. The Balaban J connectivity index is 1.41. The average Bonchev–Trinajstić information content (AvgIpc) is 3.55. The maximum atomic E-state index is 13.6. The fraction of sp³-hybridized carbons (Fsp3) is 0.171. The van der Waals surface area contributed by atoms with Gasteiger partial charge < -0.3 is 19.6 Å². The molecule has 1 atom stereocenters. The van der Waals surface area contributed by atoms with E-state index in [-0.39, 0.29) is 23.4 Å². The number of para-hydroxylation sites is 2. The molecule has 0 spiro atoms. The molecule has 8 nitrogen and oxygen atoms in total. The molecule has 1 aliphatic rings. The molecule has 8 heteroatoms. The molecule has 1 aromatic heterocycles. The first kappa shape index (κ1) is 27.8. The molecule has 1 saturated heterocycles. The van der Waals surface area contributed by atoms with Crippen LogP contribution in [-0.4, -0.2) is 32.9 Å². The minimum Gasteiger partial charge on any atom is -0.507 e. The van der Waals surface area contributed by atoms with Gasteiger partial charge in [-0.3, -0.25) is 14.5 Å². The van der Waals surface area contributed by atoms with Crippen molar-refractivity contribution in [3.8, 4) is 11.5 Å². The van der Waals surface area contributed by atoms with Crippen molar-refractivity contribution in [2.75, 3.05) is 4.90 Å². The third-order valence-electron chi connectivity index (χ3n) is 7.30. The van der Waals surface area contributed by atoms with Gasteiger partial charge in [-0.15, -0.1) is 0 Å². The Morgan fingerprint density at radius 1 is 0.953 bits per heavy atom. The molecule has 1 aliphatic heterocycles. The van der Waals surface area contributed by atoms with E-state index in [4.69, 9.17) is 9.47 Å². The number of hydrogen-bond acceptors (Lipinski definition) is 6. The van der Waals surface area contributed by atoms with Crippen molar-refractivity contribution in [3.63, 3.8) is 0 Å². The first-order valence-electron chi connectivity index (χ1n) is 14.1. The lowest BCUT2D eigenvalue weighted by Crippen LogP contribution is -2.30. The highest BCUT2D eigenvalue weighted by molar-refractivity contribution is 6.51. The minimum atomic E-state index is -0.928. The summed E-state index contributed by atoms with van der Waals surface area (Å²) in [7, 11) is 0. The van der Waals surface area contributed by atoms with Gasteiger partial charge in [-0.05, 0) is 79.9 Å². The molecule has 5 aromatic rings. The van der Waals surface area contributed by atoms with Crippen LogP contribution in [0.4, 0.5) is 5.95 Å². The number of ether oxygens (including phenoxy) is 2. The number of nitrogens with zero attached hydrogens (tertiary/aromatic N) is 2. The van der Waals surface area contributed by atoms with Crippen molar-refractivity contribution in [1.82, 2.24) is 9.97 Å². The van der Waals surface area contributed by atoms with E-state index in [0.717, 1.165) is 16.6 Å². The number of aromatic amines is 1. The van der Waals surface area contributed by atoms with Gasteiger partial charge in [0.1, 0.15) is 23.9 Å². The molecule has 1 unspecified atom stereocenters. The van der Waals surface area contributed by atoms with Gasteiger partial charge in [0.25, 0.3) is 5.78 Å². The predicted molar refractivity (Wildman–Crippen MR) is 165 cm³/mol. The van der Waals surface area contributed by atoms with Gasteiger partial charge in [0.15, 0.2) is 0 Å². The number of benzene rings is 4. The molecule has 2 N–H and O–H groups in total. The van der Waals surface area contributed by atoms with Crippen LogP contribution in [0, 0.1) is 6.92 Å². The second-order valence-corrected chi connectivity index (χ2v) is 10.7. The summed E-state index contributed by atoms with van der Waals surface area (Å²) in [6.45, 7) is 6.13. The Hall–Kier alpha value is -5.37. The van der Waals surface area contributed by atoms with Crippen LogP contribution in [0.1, 0.15) is 42.1 Å². The third-order valence-corrected chi connectivity index (χ3v) is 7.30. The number of ketones is 1. The van der Waals surface area contributed by atoms with E-state index in [2.05, 4.69) is 9.97 Å². The number of anilines is 1. The lowest BCUT2D eigenvalue weighted by atomic mass is 9.94. The molecular weight excluding hydrogens is 542 g/mol. The van der Waals surface area contributed by atoms with Crippen LogP contribution < -0.4 is 14.4 Å². The fourth-order valence-corrected chi connectivity index (χ4v) is 5.27. The monoisotopic (exact) mass is 573 g/mol. The number of carbonyl (C=O) groups is 2. The molecule has 0 radical (unpaired) electrons. The number of H-pyrrole nitrogens is 1. The smallest absolute Gasteiger partial charge is 0.302 e. The van der Waals surface area contributed by atoms with Crippen LogP contribution in [0.25, 0.3) is 16.8 Å². The number of hydrogen-bond donors (Lipinski definition) is 2. The molecule has 1 fully saturated rings. The Morgan fingerprint density at radius 2 is 1.67 bits per heavy atom. The summed E-state index contributed by atoms with van der Waals surface area (Å²) >= 11 is 0. The second kappa shape index (κ2) is 11.5. The number of aryl methyl sites for hydroxylation is 1. The van der Waals surface area contributed by atoms with Crippen LogP contribution >= 0.6 is 0 Å². The largest absolute Gasteiger partial charge is 0.507 e. The first-order valence-corrected chi connectivity index (χ1v) is 14.1. The van der Waals surface area contributed by atoms with Gasteiger partial charge in [0.05, 0.1) is 28.8 Å². The summed E-state index contributed by atoms with van der Waals surface area (Å²) in [5.74, 6) is -0.334. The molecular formula is C35H31N3O5. The van der Waals surface area contributed by atoms with Crippen LogP contribution in [0.15, 0.2) is 103 Å². The average molecular weight is 574 g/mol. The molecule has 6 rings (SSSR count). The number of Topliss-reactive ketones (excluding diaryl/α,β-unsaturated/α-hetero) is 1. The second-order valence-electron chi connectivity index (χ2n) is 10.7. The van der Waals surface area contributed by atoms with Crippen molar-refractivity contribution < 1.29 is 24.2 Å². The van der Waals surface area contributed by atoms with Gasteiger partial charge >= 0.3 is 5.91 Å². The zero-order valence-corrected chi connectivity index (χ0v) is 24.1. The molecule has 2 heterocycles. The van der Waals surface area contributed by atoms with Gasteiger partial charge in [-0.2, -0.15) is 0 Å². The number of carbonyl (C=O) groups excluding carboxylic acids is 2. The predicted octanol–water partition coefficient (Wildman–Crippen LogP) is 6.86. The lowest BCUT2D eigenvalue weighted by molar-refractivity contribution is -0.132. The Bertz CT molecular complexity index is 1810. The van der Waals surface area contributed by atoms with Crippen LogP contribution in [0.3, 0.4) is 0 Å². The molecule has 0 bridgehead atoms. The normalized spacial score (nSPS) is 16.3. The molecule has 216 valence electrons. The van der Waals surface area contributed by atoms with Gasteiger partial charge in [-0.25, -0.2) is 4.98 Å². The summed E-state index contributed by atoms with van der Waals surface area (Å²) in [5, 5.41) is 11.6. The number of nitrogens with one attached hydrogen (secondary N) is 1. The maximum Gasteiger partial charge on any atom is 0.302 e. The van der Waals surface area contributed by atoms with Crippen LogP contribution in [-0.2, 0) is 16.2 Å². The van der Waals surface area contributed by atoms with E-state index in [1.165, 1.54) is 4.90 Å². The summed E-state index contributed by atoms with van der Waals surface area (Å²) in [5.41, 5.74) is 4.18. The highest BCUT2D eigenvalue weighted by Crippen LogP contribution is 2.42. The van der Waals surface area contributed by atoms with E-state index in [0.29, 0.717) is 34.7 Å². The molecule has 4 aromatic carbocycles. The van der Waals surface area contributed by atoms with E-state index in [1.54, 1.807) is 42.5 Å². The summed E-state index contributed by atoms with van der Waals surface area (Å²) in [6, 6.07) is 28.6. The Morgan fingerprint density at radius 3 is 2.37 bits per heavy atom. The Kier molecular flexibility index (Phi) is 7.42. The van der Waals surface area contributed by atoms with Crippen molar-refractivity contribution in [2.24, 2.45) is 0 Å². The van der Waals surface area contributed by atoms with Gasteiger partial charge in [-0.1, -0.05) is 54.6 Å². The lowest BCUT2D eigenvalue weighted by Gasteiger charge is -2.23. The van der Waals surface area contributed by atoms with Crippen molar-refractivity contribution in [3.05, 3.63) is 125 Å². The van der Waals surface area contributed by atoms with Gasteiger partial charge in [0, 0.05) is 5.56 Å². The van der Waals surface area contributed by atoms with E-state index < -0.39 is 17.7 Å². The molecule has 43 heavy (non-hydrogen) atoms. The summed E-state index contributed by atoms with van der Waals surface area (Å²) in [6.07, 6.45) is -0.0186. The molecule has 0 aliphatic carbocycles. The standard InChI is InChI=1S/C35H31N3O5/c1-21(2)43-26-16-13-24(14-17-26)31-30(33(40)34(41)38(31)35-36-27-11-7-8-12-28(27)37-35)32(39)25-15-18-29(22(3)19-25)42-20-23-9-5-4-6-10-23/h4-19,21,31,39H,20H2,1-3H3,(H,36,37)/b32-30+. The van der Waals surface area contributed by atoms with Crippen molar-refractivity contribution in [2.45, 2.75) is 39.5 Å². The highest BCUT2D eigenvalue weighted by atomic mass is 16.5. The van der Waals surface area contributed by atoms with Crippen LogP contribution in [0.5, 0.6) is 11.5 Å². The van der Waals surface area contributed by atoms with E-state index in [9.17, 15) is 14.7 Å². The van der Waals surface area contributed by atoms with Crippen molar-refractivity contribution >= 4 is 34.4 Å². The summed E-state index contributed by atoms with van der Waals surface area (Å²) < 4.78 is 11.8. The number of imidazole rings is 1. The number of amides is 1. The Labute approximate surface area is 249 Å². The topological polar surface area (TPSA) is 105 Å². The number of aromatic nitrogens is 2. The number of aliphatic hydroxyl groups is 1. The maximum absolute atomic E-state index is 13.6. The van der Waals surface area contributed by atoms with Crippen molar-refractivity contribution in [1.29, 1.82) is 0 Å². The molecule has 0 saturated carbocycles. The summed E-state index contributed by atoms with van der Waals surface area (Å²) in [4.78, 5) is 36.3. The van der Waals surface area contributed by atoms with Crippen LogP contribution in [0.2, 0.25) is 0 Å². The number of rotatable bonds is 8. The first-order chi connectivity index (χ1) is 20.8. The zero-order valence-electron chi connectivity index (χ0n) is 24.1.